The third-order valence-corrected chi connectivity index (χ3v) is 5.44. The van der Waals surface area contributed by atoms with Gasteiger partial charge in [-0.3, -0.25) is 15.5 Å². The normalized spacial score (nSPS) is 12.0. The topological polar surface area (TPSA) is 98.1 Å². The van der Waals surface area contributed by atoms with Crippen molar-refractivity contribution < 1.29 is 14.1 Å². The molecular formula is C16H19N3O3S2. The minimum absolute atomic E-state index is 0.153. The molecular weight excluding hydrogens is 346 g/mol. The minimum atomic E-state index is -1.11. The fourth-order valence-electron chi connectivity index (χ4n) is 1.93. The molecule has 6 nitrogen and oxygen atoms in total. The fraction of sp³-hybridized carbons (Fsp3) is 0.312. The summed E-state index contributed by atoms with van der Waals surface area (Å²) in [6, 6.07) is 6.65. The maximum Gasteiger partial charge on any atom is 0.275 e. The van der Waals surface area contributed by atoms with Crippen LogP contribution in [-0.2, 0) is 20.7 Å². The van der Waals surface area contributed by atoms with E-state index in [-0.39, 0.29) is 5.71 Å². The Morgan fingerprint density at radius 1 is 1.42 bits per heavy atom. The molecule has 0 bridgehead atoms. The van der Waals surface area contributed by atoms with Gasteiger partial charge in [0.2, 0.25) is 0 Å². The second kappa shape index (κ2) is 8.93. The number of ether oxygens (including phenoxy) is 1. The lowest BCUT2D eigenvalue weighted by Crippen LogP contribution is -2.22. The molecule has 0 saturated heterocycles. The number of nitrogens with zero attached hydrogens (tertiary/aromatic N) is 1. The molecule has 0 aliphatic carbocycles. The third-order valence-electron chi connectivity index (χ3n) is 3.15. The average Bonchev–Trinajstić information content (AvgIpc) is 2.99. The van der Waals surface area contributed by atoms with E-state index in [2.05, 4.69) is 10.3 Å². The Labute approximate surface area is 148 Å². The summed E-state index contributed by atoms with van der Waals surface area (Å²) >= 11 is 0.249. The third kappa shape index (κ3) is 5.13. The van der Waals surface area contributed by atoms with Crippen molar-refractivity contribution in [2.45, 2.75) is 18.2 Å². The van der Waals surface area contributed by atoms with Gasteiger partial charge in [-0.2, -0.15) is 0 Å². The average molecular weight is 365 g/mol. The highest BCUT2D eigenvalue weighted by Gasteiger charge is 2.16. The summed E-state index contributed by atoms with van der Waals surface area (Å²) in [5.41, 5.74) is 0.318. The van der Waals surface area contributed by atoms with Gasteiger partial charge in [-0.05, 0) is 42.4 Å². The van der Waals surface area contributed by atoms with E-state index < -0.39 is 17.1 Å². The monoisotopic (exact) mass is 365 g/mol. The highest BCUT2D eigenvalue weighted by atomic mass is 32.2. The molecule has 128 valence electrons. The second-order valence-electron chi connectivity index (χ2n) is 5.03. The zero-order valence-corrected chi connectivity index (χ0v) is 15.1. The summed E-state index contributed by atoms with van der Waals surface area (Å²) in [7, 11) is 1.61. The standard InChI is InChI=1S/C16H19N3O3S2/c1-11-10-18-16(23-11)19-15(20)14(17)12-4-6-13(7-5-12)24(21)9-3-8-22-2/h4-7,10,17H,3,8-9H2,1-2H3,(H,18,19,20). The number of rotatable bonds is 8. The zero-order chi connectivity index (χ0) is 17.5. The molecule has 1 atom stereocenters. The largest absolute Gasteiger partial charge is 0.611 e. The van der Waals surface area contributed by atoms with E-state index in [0.717, 1.165) is 11.3 Å². The van der Waals surface area contributed by atoms with Crippen LogP contribution >= 0.6 is 11.3 Å². The van der Waals surface area contributed by atoms with E-state index in [1.807, 2.05) is 6.92 Å². The van der Waals surface area contributed by atoms with Crippen molar-refractivity contribution in [3.8, 4) is 0 Å². The van der Waals surface area contributed by atoms with Crippen molar-refractivity contribution in [2.75, 3.05) is 24.8 Å². The quantitative estimate of drug-likeness (QED) is 0.427. The number of aromatic nitrogens is 1. The van der Waals surface area contributed by atoms with Crippen LogP contribution in [-0.4, -0.2) is 40.6 Å². The predicted molar refractivity (Wildman–Crippen MR) is 96.5 cm³/mol. The maximum absolute atomic E-state index is 12.1. The lowest BCUT2D eigenvalue weighted by molar-refractivity contribution is -0.110. The van der Waals surface area contributed by atoms with Crippen LogP contribution in [0, 0.1) is 12.3 Å². The number of hydrogen-bond acceptors (Lipinski definition) is 6. The molecule has 1 unspecified atom stereocenters. The number of aryl methyl sites for hydroxylation is 1. The van der Waals surface area contributed by atoms with Crippen molar-refractivity contribution in [3.05, 3.63) is 40.9 Å². The summed E-state index contributed by atoms with van der Waals surface area (Å²) in [6.07, 6.45) is 2.38. The number of carbonyl (C=O) groups excluding carboxylic acids is 1. The van der Waals surface area contributed by atoms with Crippen molar-refractivity contribution in [3.63, 3.8) is 0 Å². The van der Waals surface area contributed by atoms with Crippen LogP contribution in [0.3, 0.4) is 0 Å². The molecule has 1 amide bonds. The van der Waals surface area contributed by atoms with Gasteiger partial charge in [0.1, 0.15) is 11.5 Å². The predicted octanol–water partition coefficient (Wildman–Crippen LogP) is 2.60. The molecule has 0 spiro atoms. The molecule has 0 saturated carbocycles. The first-order valence-electron chi connectivity index (χ1n) is 7.31. The smallest absolute Gasteiger partial charge is 0.275 e. The van der Waals surface area contributed by atoms with Crippen molar-refractivity contribution in [1.82, 2.24) is 4.98 Å². The van der Waals surface area contributed by atoms with Crippen LogP contribution in [0.5, 0.6) is 0 Å². The first-order valence-corrected chi connectivity index (χ1v) is 9.45. The molecule has 2 N–H and O–H groups in total. The summed E-state index contributed by atoms with van der Waals surface area (Å²) in [5, 5.41) is 11.1. The minimum Gasteiger partial charge on any atom is -0.611 e. The molecule has 2 rings (SSSR count). The SMILES string of the molecule is COCCC[S+]([O-])c1ccc(C(=N)C(=O)Nc2ncc(C)s2)cc1. The first kappa shape index (κ1) is 18.6. The number of methoxy groups -OCH3 is 1. The van der Waals surface area contributed by atoms with Gasteiger partial charge in [-0.15, -0.1) is 11.3 Å². The number of anilines is 1. The molecule has 1 aromatic carbocycles. The number of benzene rings is 1. The van der Waals surface area contributed by atoms with Gasteiger partial charge in [0.15, 0.2) is 10.0 Å². The van der Waals surface area contributed by atoms with Crippen molar-refractivity contribution in [2.24, 2.45) is 0 Å². The maximum atomic E-state index is 12.1. The first-order chi connectivity index (χ1) is 11.5. The number of thiazole rings is 1. The van der Waals surface area contributed by atoms with Crippen LogP contribution in [0.1, 0.15) is 16.9 Å². The molecule has 24 heavy (non-hydrogen) atoms. The van der Waals surface area contributed by atoms with E-state index >= 15 is 0 Å². The molecule has 1 aromatic heterocycles. The Hall–Kier alpha value is -1.74. The molecule has 8 heteroatoms. The van der Waals surface area contributed by atoms with E-state index in [1.54, 1.807) is 37.6 Å². The molecule has 0 aliphatic rings. The lowest BCUT2D eigenvalue weighted by Gasteiger charge is -2.11. The molecule has 2 aromatic rings. The van der Waals surface area contributed by atoms with Gasteiger partial charge in [0.25, 0.3) is 5.91 Å². The Morgan fingerprint density at radius 3 is 2.71 bits per heavy atom. The highest BCUT2D eigenvalue weighted by molar-refractivity contribution is 7.91. The zero-order valence-electron chi connectivity index (χ0n) is 13.5. The van der Waals surface area contributed by atoms with Gasteiger partial charge in [-0.1, -0.05) is 0 Å². The summed E-state index contributed by atoms with van der Waals surface area (Å²) in [5.74, 6) is 0.00689. The number of carbonyl (C=O) groups is 1. The van der Waals surface area contributed by atoms with Gasteiger partial charge < -0.3 is 9.29 Å². The van der Waals surface area contributed by atoms with E-state index in [4.69, 9.17) is 10.1 Å². The van der Waals surface area contributed by atoms with Gasteiger partial charge in [0.05, 0.1) is 6.61 Å². The molecule has 0 radical (unpaired) electrons. The Kier molecular flexibility index (Phi) is 6.92. The van der Waals surface area contributed by atoms with E-state index in [0.29, 0.717) is 28.0 Å². The Bertz CT molecular complexity index is 701. The molecule has 0 fully saturated rings. The Morgan fingerprint density at radius 2 is 2.12 bits per heavy atom. The molecule has 0 aliphatic heterocycles. The van der Waals surface area contributed by atoms with E-state index in [1.165, 1.54) is 11.3 Å². The van der Waals surface area contributed by atoms with Gasteiger partial charge in [0, 0.05) is 30.2 Å². The summed E-state index contributed by atoms with van der Waals surface area (Å²) in [6.45, 7) is 2.47. The van der Waals surface area contributed by atoms with Crippen molar-refractivity contribution in [1.29, 1.82) is 5.41 Å². The van der Waals surface area contributed by atoms with Crippen molar-refractivity contribution >= 4 is 39.3 Å². The summed E-state index contributed by atoms with van der Waals surface area (Å²) < 4.78 is 17.0. The Balaban J connectivity index is 1.96. The van der Waals surface area contributed by atoms with E-state index in [9.17, 15) is 9.35 Å². The second-order valence-corrected chi connectivity index (χ2v) is 7.83. The van der Waals surface area contributed by atoms with Crippen LogP contribution in [0.2, 0.25) is 0 Å². The lowest BCUT2D eigenvalue weighted by atomic mass is 10.1. The van der Waals surface area contributed by atoms with Crippen LogP contribution < -0.4 is 5.32 Å². The number of nitrogens with one attached hydrogen (secondary N) is 2. The fourth-order valence-corrected chi connectivity index (χ4v) is 3.64. The van der Waals surface area contributed by atoms with Gasteiger partial charge in [-0.25, -0.2) is 4.98 Å². The number of hydrogen-bond donors (Lipinski definition) is 2. The highest BCUT2D eigenvalue weighted by Crippen LogP contribution is 2.17. The van der Waals surface area contributed by atoms with Crippen LogP contribution in [0.25, 0.3) is 0 Å². The van der Waals surface area contributed by atoms with Crippen LogP contribution in [0.15, 0.2) is 35.4 Å². The van der Waals surface area contributed by atoms with Crippen LogP contribution in [0.4, 0.5) is 5.13 Å². The summed E-state index contributed by atoms with van der Waals surface area (Å²) in [4.78, 5) is 17.8. The molecule has 1 heterocycles. The van der Waals surface area contributed by atoms with Gasteiger partial charge >= 0.3 is 0 Å². The number of amides is 1.